The van der Waals surface area contributed by atoms with Crippen molar-refractivity contribution in [1.82, 2.24) is 19.7 Å². The monoisotopic (exact) mass is 272 g/mol. The van der Waals surface area contributed by atoms with E-state index < -0.39 is 5.92 Å². The lowest BCUT2D eigenvalue weighted by atomic mass is 10.1. The summed E-state index contributed by atoms with van der Waals surface area (Å²) in [5.41, 5.74) is 0.778. The zero-order valence-electron chi connectivity index (χ0n) is 9.94. The molecule has 0 saturated heterocycles. The van der Waals surface area contributed by atoms with Gasteiger partial charge in [0.15, 0.2) is 11.7 Å². The second kappa shape index (κ2) is 5.38. The van der Waals surface area contributed by atoms with Crippen LogP contribution in [0.15, 0.2) is 11.7 Å². The smallest absolute Gasteiger partial charge is 0.252 e. The quantitative estimate of drug-likeness (QED) is 0.814. The second-order valence-corrected chi connectivity index (χ2v) is 4.62. The summed E-state index contributed by atoms with van der Waals surface area (Å²) in [7, 11) is 0. The lowest BCUT2D eigenvalue weighted by molar-refractivity contribution is -0.120. The van der Waals surface area contributed by atoms with Crippen molar-refractivity contribution < 1.29 is 4.79 Å². The van der Waals surface area contributed by atoms with Gasteiger partial charge in [0, 0.05) is 11.1 Å². The predicted octanol–water partition coefficient (Wildman–Crippen LogP) is 0.791. The Morgan fingerprint density at radius 2 is 2.37 bits per heavy atom. The van der Waals surface area contributed by atoms with Gasteiger partial charge in [0.2, 0.25) is 0 Å². The van der Waals surface area contributed by atoms with Gasteiger partial charge in [-0.3, -0.25) is 4.79 Å². The van der Waals surface area contributed by atoms with Crippen molar-refractivity contribution in [2.45, 2.75) is 19.4 Å². The first-order valence-electron chi connectivity index (χ1n) is 5.28. The molecule has 0 fully saturated rings. The molecular weight excluding hydrogens is 264 g/mol. The van der Waals surface area contributed by atoms with Crippen LogP contribution in [0, 0.1) is 29.6 Å². The lowest BCUT2D eigenvalue weighted by Gasteiger charge is -2.04. The topological polar surface area (TPSA) is 108 Å². The van der Waals surface area contributed by atoms with Gasteiger partial charge in [-0.2, -0.15) is 10.5 Å². The van der Waals surface area contributed by atoms with Crippen LogP contribution in [0.3, 0.4) is 0 Å². The highest BCUT2D eigenvalue weighted by Gasteiger charge is 2.23. The van der Waals surface area contributed by atoms with Crippen LogP contribution in [0.5, 0.6) is 0 Å². The van der Waals surface area contributed by atoms with E-state index in [1.54, 1.807) is 18.4 Å². The number of rotatable bonds is 4. The van der Waals surface area contributed by atoms with Gasteiger partial charge in [-0.1, -0.05) is 0 Å². The molecule has 0 spiro atoms. The largest absolute Gasteiger partial charge is 0.296 e. The molecule has 19 heavy (non-hydrogen) atoms. The predicted molar refractivity (Wildman–Crippen MR) is 64.9 cm³/mol. The Bertz CT molecular complexity index is 689. The lowest BCUT2D eigenvalue weighted by Crippen LogP contribution is -2.18. The van der Waals surface area contributed by atoms with Crippen LogP contribution in [0.25, 0.3) is 0 Å². The van der Waals surface area contributed by atoms with Crippen molar-refractivity contribution in [2.24, 2.45) is 0 Å². The van der Waals surface area contributed by atoms with E-state index in [9.17, 15) is 4.79 Å². The highest BCUT2D eigenvalue weighted by Crippen LogP contribution is 2.21. The summed E-state index contributed by atoms with van der Waals surface area (Å²) >= 11 is 1.28. The third-order valence-corrected chi connectivity index (χ3v) is 3.32. The van der Waals surface area contributed by atoms with E-state index in [-0.39, 0.29) is 18.2 Å². The van der Waals surface area contributed by atoms with Crippen molar-refractivity contribution in [2.75, 3.05) is 0 Å². The summed E-state index contributed by atoms with van der Waals surface area (Å²) in [6.45, 7) is 1.70. The van der Waals surface area contributed by atoms with Gasteiger partial charge in [-0.25, -0.2) is 14.6 Å². The molecule has 0 bridgehead atoms. The number of nitrogens with zero attached hydrogens (tertiary/aromatic N) is 6. The van der Waals surface area contributed by atoms with Crippen molar-refractivity contribution in [3.63, 3.8) is 0 Å². The summed E-state index contributed by atoms with van der Waals surface area (Å²) in [6.07, 6.45) is 1.29. The molecule has 0 aliphatic heterocycles. The molecule has 7 nitrogen and oxygen atoms in total. The van der Waals surface area contributed by atoms with Gasteiger partial charge in [0.1, 0.15) is 23.9 Å². The Balaban J connectivity index is 2.14. The third kappa shape index (κ3) is 2.81. The van der Waals surface area contributed by atoms with Crippen molar-refractivity contribution in [1.29, 1.82) is 10.5 Å². The summed E-state index contributed by atoms with van der Waals surface area (Å²) in [4.78, 5) is 19.9. The highest BCUT2D eigenvalue weighted by molar-refractivity contribution is 7.09. The molecule has 8 heteroatoms. The molecule has 1 atom stereocenters. The van der Waals surface area contributed by atoms with Crippen LogP contribution in [0.1, 0.15) is 22.4 Å². The SMILES string of the molecule is Cc1csc([C@H](C#N)C(=O)Cn2cnc(C#N)n2)n1. The average Bonchev–Trinajstić information content (AvgIpc) is 3.00. The minimum Gasteiger partial charge on any atom is -0.296 e. The average molecular weight is 272 g/mol. The molecule has 0 radical (unpaired) electrons. The number of carbonyl (C=O) groups excluding carboxylic acids is 1. The highest BCUT2D eigenvalue weighted by atomic mass is 32.1. The number of Topliss-reactive ketones (excluding diaryl/α,β-unsaturated/α-hetero) is 1. The second-order valence-electron chi connectivity index (χ2n) is 3.73. The molecule has 0 unspecified atom stereocenters. The Morgan fingerprint density at radius 1 is 1.58 bits per heavy atom. The van der Waals surface area contributed by atoms with E-state index in [1.807, 2.05) is 6.07 Å². The molecule has 0 saturated carbocycles. The number of ketones is 1. The van der Waals surface area contributed by atoms with Gasteiger partial charge in [0.25, 0.3) is 5.82 Å². The maximum atomic E-state index is 12.0. The molecular formula is C11H8N6OS. The Morgan fingerprint density at radius 3 is 2.89 bits per heavy atom. The third-order valence-electron chi connectivity index (χ3n) is 2.29. The fourth-order valence-electron chi connectivity index (χ4n) is 1.44. The summed E-state index contributed by atoms with van der Waals surface area (Å²) in [6, 6.07) is 3.71. The van der Waals surface area contributed by atoms with E-state index in [2.05, 4.69) is 15.1 Å². The van der Waals surface area contributed by atoms with Crippen LogP contribution in [-0.2, 0) is 11.3 Å². The van der Waals surface area contributed by atoms with E-state index >= 15 is 0 Å². The van der Waals surface area contributed by atoms with Crippen LogP contribution >= 0.6 is 11.3 Å². The number of carbonyl (C=O) groups is 1. The molecule has 2 aromatic heterocycles. The van der Waals surface area contributed by atoms with Crippen LogP contribution in [0.4, 0.5) is 0 Å². The van der Waals surface area contributed by atoms with Crippen molar-refractivity contribution in [3.05, 3.63) is 28.2 Å². The fourth-order valence-corrected chi connectivity index (χ4v) is 2.30. The standard InChI is InChI=1S/C11H8N6OS/c1-7-5-19-11(15-7)8(2-12)9(18)4-17-6-14-10(3-13)16-17/h5-6,8H,4H2,1H3/t8-/m1/s1. The molecule has 2 aromatic rings. The minimum absolute atomic E-state index is 0.00796. The molecule has 2 rings (SSSR count). The maximum Gasteiger partial charge on any atom is 0.252 e. The summed E-state index contributed by atoms with van der Waals surface area (Å²) < 4.78 is 1.24. The number of thiazole rings is 1. The zero-order valence-corrected chi connectivity index (χ0v) is 10.8. The Labute approximate surface area is 112 Å². The zero-order chi connectivity index (χ0) is 13.8. The summed E-state index contributed by atoms with van der Waals surface area (Å²) in [5, 5.41) is 23.7. The Hall–Kier alpha value is -2.58. The van der Waals surface area contributed by atoms with Crippen LogP contribution in [-0.4, -0.2) is 25.5 Å². The molecule has 0 aromatic carbocycles. The van der Waals surface area contributed by atoms with Crippen LogP contribution in [0.2, 0.25) is 0 Å². The number of nitriles is 2. The van der Waals surface area contributed by atoms with Crippen LogP contribution < -0.4 is 0 Å². The molecule has 0 amide bonds. The number of aromatic nitrogens is 4. The number of hydrogen-bond acceptors (Lipinski definition) is 7. The molecule has 0 aliphatic carbocycles. The van der Waals surface area contributed by atoms with Gasteiger partial charge < -0.3 is 0 Å². The first kappa shape index (κ1) is 12.9. The normalized spacial score (nSPS) is 11.5. The van der Waals surface area contributed by atoms with E-state index in [0.717, 1.165) is 5.69 Å². The Kier molecular flexibility index (Phi) is 3.64. The first-order chi connectivity index (χ1) is 9.13. The van der Waals surface area contributed by atoms with E-state index in [1.165, 1.54) is 22.3 Å². The van der Waals surface area contributed by atoms with Crippen molar-refractivity contribution in [3.8, 4) is 12.1 Å². The molecule has 0 aliphatic rings. The van der Waals surface area contributed by atoms with Gasteiger partial charge in [0.05, 0.1) is 6.07 Å². The summed E-state index contributed by atoms with van der Waals surface area (Å²) in [5.74, 6) is -1.24. The van der Waals surface area contributed by atoms with Gasteiger partial charge >= 0.3 is 0 Å². The fraction of sp³-hybridized carbons (Fsp3) is 0.273. The van der Waals surface area contributed by atoms with E-state index in [0.29, 0.717) is 5.01 Å². The molecule has 2 heterocycles. The molecule has 94 valence electrons. The maximum absolute atomic E-state index is 12.0. The van der Waals surface area contributed by atoms with Gasteiger partial charge in [-0.05, 0) is 6.92 Å². The number of aryl methyl sites for hydroxylation is 1. The molecule has 0 N–H and O–H groups in total. The minimum atomic E-state index is -0.909. The number of hydrogen-bond donors (Lipinski definition) is 0. The van der Waals surface area contributed by atoms with E-state index in [4.69, 9.17) is 10.5 Å². The van der Waals surface area contributed by atoms with Crippen molar-refractivity contribution >= 4 is 17.1 Å². The first-order valence-corrected chi connectivity index (χ1v) is 6.16. The van der Waals surface area contributed by atoms with Gasteiger partial charge in [-0.15, -0.1) is 16.4 Å².